The Morgan fingerprint density at radius 1 is 1.23 bits per heavy atom. The molecule has 30 heavy (non-hydrogen) atoms. The molecule has 2 aliphatic heterocycles. The van der Waals surface area contributed by atoms with E-state index in [0.717, 1.165) is 31.7 Å². The standard InChI is InChI=1S/C21H24N6O2S/c28-19-5-1-4-18-15-9-16(11-25(10-15)12-17-3-2-8-30-17)20(27(18)19)21(29)23-6-7-26-14-22-13-24-26/h1-5,8,13-16,20H,6-7,9-12H2,(H,23,29)/t15-,16+,20-/m1/s1. The minimum atomic E-state index is -0.480. The number of fused-ring (bicyclic) bond motifs is 4. The average molecular weight is 425 g/mol. The van der Waals surface area contributed by atoms with E-state index in [1.165, 1.54) is 11.2 Å². The van der Waals surface area contributed by atoms with Crippen molar-refractivity contribution in [2.24, 2.45) is 5.92 Å². The molecule has 0 aromatic carbocycles. The average Bonchev–Trinajstić information content (AvgIpc) is 3.43. The van der Waals surface area contributed by atoms with Crippen LogP contribution in [0.1, 0.15) is 29.0 Å². The second kappa shape index (κ2) is 8.16. The first-order valence-electron chi connectivity index (χ1n) is 10.3. The number of nitrogens with zero attached hydrogens (tertiary/aromatic N) is 5. The molecular formula is C21H24N6O2S. The molecule has 1 N–H and O–H groups in total. The number of hydrogen-bond donors (Lipinski definition) is 1. The molecule has 156 valence electrons. The Balaban J connectivity index is 1.38. The van der Waals surface area contributed by atoms with Crippen LogP contribution < -0.4 is 10.9 Å². The number of rotatable bonds is 6. The first kappa shape index (κ1) is 19.2. The van der Waals surface area contributed by atoms with Gasteiger partial charge in [-0.15, -0.1) is 11.3 Å². The quantitative estimate of drug-likeness (QED) is 0.648. The van der Waals surface area contributed by atoms with Gasteiger partial charge in [-0.25, -0.2) is 4.98 Å². The van der Waals surface area contributed by atoms with E-state index >= 15 is 0 Å². The van der Waals surface area contributed by atoms with Gasteiger partial charge in [-0.05, 0) is 23.9 Å². The lowest BCUT2D eigenvalue weighted by atomic mass is 9.78. The molecule has 3 atom stereocenters. The largest absolute Gasteiger partial charge is 0.352 e. The van der Waals surface area contributed by atoms with Crippen LogP contribution in [-0.4, -0.2) is 49.8 Å². The van der Waals surface area contributed by atoms with Crippen LogP contribution in [0.2, 0.25) is 0 Å². The topological polar surface area (TPSA) is 85.1 Å². The Hall–Kier alpha value is -2.78. The van der Waals surface area contributed by atoms with Crippen LogP contribution in [0.3, 0.4) is 0 Å². The van der Waals surface area contributed by atoms with Gasteiger partial charge in [0.25, 0.3) is 5.56 Å². The van der Waals surface area contributed by atoms with Crippen LogP contribution in [0.25, 0.3) is 0 Å². The van der Waals surface area contributed by atoms with Gasteiger partial charge in [0.1, 0.15) is 18.7 Å². The number of likely N-dealkylation sites (tertiary alicyclic amines) is 1. The summed E-state index contributed by atoms with van der Waals surface area (Å²) in [6.45, 7) is 3.62. The van der Waals surface area contributed by atoms with E-state index < -0.39 is 6.04 Å². The highest BCUT2D eigenvalue weighted by Gasteiger charge is 2.43. The van der Waals surface area contributed by atoms with Crippen LogP contribution in [0, 0.1) is 5.92 Å². The molecule has 1 fully saturated rings. The molecule has 2 aliphatic rings. The predicted molar refractivity (Wildman–Crippen MR) is 113 cm³/mol. The fourth-order valence-electron chi connectivity index (χ4n) is 4.86. The van der Waals surface area contributed by atoms with Gasteiger partial charge in [0.05, 0.1) is 6.54 Å². The number of carbonyl (C=O) groups is 1. The number of pyridine rings is 1. The molecule has 0 aliphatic carbocycles. The molecule has 9 heteroatoms. The zero-order valence-corrected chi connectivity index (χ0v) is 17.4. The smallest absolute Gasteiger partial charge is 0.251 e. The normalized spacial score (nSPS) is 23.1. The maximum atomic E-state index is 13.2. The van der Waals surface area contributed by atoms with Crippen molar-refractivity contribution in [2.75, 3.05) is 19.6 Å². The second-order valence-electron chi connectivity index (χ2n) is 8.02. The number of thiophene rings is 1. The summed E-state index contributed by atoms with van der Waals surface area (Å²) < 4.78 is 3.42. The molecule has 0 unspecified atom stereocenters. The lowest BCUT2D eigenvalue weighted by Crippen LogP contribution is -2.53. The zero-order chi connectivity index (χ0) is 20.5. The first-order valence-corrected chi connectivity index (χ1v) is 11.1. The van der Waals surface area contributed by atoms with Gasteiger partial charge in [-0.2, -0.15) is 5.10 Å². The van der Waals surface area contributed by atoms with E-state index in [-0.39, 0.29) is 23.3 Å². The van der Waals surface area contributed by atoms with Crippen molar-refractivity contribution in [3.63, 3.8) is 0 Å². The van der Waals surface area contributed by atoms with Gasteiger partial charge >= 0.3 is 0 Å². The monoisotopic (exact) mass is 424 g/mol. The van der Waals surface area contributed by atoms with Crippen molar-refractivity contribution in [3.05, 3.63) is 69.3 Å². The minimum Gasteiger partial charge on any atom is -0.352 e. The van der Waals surface area contributed by atoms with Crippen LogP contribution in [-0.2, 0) is 17.9 Å². The van der Waals surface area contributed by atoms with Crippen LogP contribution >= 0.6 is 11.3 Å². The number of aromatic nitrogens is 4. The van der Waals surface area contributed by atoms with E-state index in [9.17, 15) is 9.59 Å². The van der Waals surface area contributed by atoms with Crippen LogP contribution in [0.15, 0.2) is 53.2 Å². The van der Waals surface area contributed by atoms with Gasteiger partial charge in [0, 0.05) is 54.7 Å². The molecule has 2 bridgehead atoms. The highest BCUT2D eigenvalue weighted by atomic mass is 32.1. The molecule has 8 nitrogen and oxygen atoms in total. The molecule has 5 heterocycles. The lowest BCUT2D eigenvalue weighted by Gasteiger charge is -2.46. The van der Waals surface area contributed by atoms with Gasteiger partial charge in [-0.1, -0.05) is 12.1 Å². The fourth-order valence-corrected chi connectivity index (χ4v) is 5.61. The molecule has 0 saturated carbocycles. The van der Waals surface area contributed by atoms with E-state index in [2.05, 4.69) is 37.8 Å². The Bertz CT molecular complexity index is 1060. The Kier molecular flexibility index (Phi) is 5.22. The molecular weight excluding hydrogens is 400 g/mol. The van der Waals surface area contributed by atoms with Crippen molar-refractivity contribution < 1.29 is 4.79 Å². The summed E-state index contributed by atoms with van der Waals surface area (Å²) in [6.07, 6.45) is 4.04. The maximum absolute atomic E-state index is 13.2. The fraction of sp³-hybridized carbons (Fsp3) is 0.429. The molecule has 5 rings (SSSR count). The van der Waals surface area contributed by atoms with Crippen molar-refractivity contribution in [3.8, 4) is 0 Å². The SMILES string of the molecule is O=C(NCCn1cncn1)[C@H]1[C@H]2C[C@H](CN(Cc3cccs3)C2)c2cccc(=O)n21. The van der Waals surface area contributed by atoms with E-state index in [1.54, 1.807) is 33.0 Å². The molecule has 3 aromatic rings. The van der Waals surface area contributed by atoms with Gasteiger partial charge in [-0.3, -0.25) is 23.7 Å². The van der Waals surface area contributed by atoms with Crippen molar-refractivity contribution in [1.29, 1.82) is 0 Å². The van der Waals surface area contributed by atoms with Gasteiger partial charge in [0.2, 0.25) is 5.91 Å². The zero-order valence-electron chi connectivity index (χ0n) is 16.6. The second-order valence-corrected chi connectivity index (χ2v) is 9.05. The number of hydrogen-bond acceptors (Lipinski definition) is 6. The summed E-state index contributed by atoms with van der Waals surface area (Å²) in [4.78, 5) is 33.7. The number of amides is 1. The summed E-state index contributed by atoms with van der Waals surface area (Å²) in [5.41, 5.74) is 0.886. The first-order chi connectivity index (χ1) is 14.7. The Labute approximate surface area is 178 Å². The summed E-state index contributed by atoms with van der Waals surface area (Å²) in [7, 11) is 0. The van der Waals surface area contributed by atoms with Gasteiger partial charge in [0.15, 0.2) is 0 Å². The van der Waals surface area contributed by atoms with Crippen molar-refractivity contribution >= 4 is 17.2 Å². The highest BCUT2D eigenvalue weighted by Crippen LogP contribution is 2.41. The van der Waals surface area contributed by atoms with E-state index in [4.69, 9.17) is 0 Å². The predicted octanol–water partition coefficient (Wildman–Crippen LogP) is 1.48. The van der Waals surface area contributed by atoms with Crippen molar-refractivity contribution in [2.45, 2.75) is 31.5 Å². The maximum Gasteiger partial charge on any atom is 0.251 e. The molecule has 1 saturated heterocycles. The highest BCUT2D eigenvalue weighted by molar-refractivity contribution is 7.09. The Morgan fingerprint density at radius 2 is 2.17 bits per heavy atom. The summed E-state index contributed by atoms with van der Waals surface area (Å²) >= 11 is 1.76. The minimum absolute atomic E-state index is 0.0916. The van der Waals surface area contributed by atoms with E-state index in [0.29, 0.717) is 13.1 Å². The number of nitrogens with one attached hydrogen (secondary N) is 1. The Morgan fingerprint density at radius 3 is 2.97 bits per heavy atom. The number of piperidine rings is 1. The molecule has 3 aromatic heterocycles. The number of carbonyl (C=O) groups excluding carboxylic acids is 1. The van der Waals surface area contributed by atoms with Crippen LogP contribution in [0.4, 0.5) is 0 Å². The van der Waals surface area contributed by atoms with Gasteiger partial charge < -0.3 is 5.32 Å². The molecule has 1 amide bonds. The third kappa shape index (κ3) is 3.70. The van der Waals surface area contributed by atoms with E-state index in [1.807, 2.05) is 12.1 Å². The third-order valence-corrected chi connectivity index (χ3v) is 6.92. The molecule has 0 radical (unpaired) electrons. The third-order valence-electron chi connectivity index (χ3n) is 6.06. The summed E-state index contributed by atoms with van der Waals surface area (Å²) in [6, 6.07) is 9.13. The lowest BCUT2D eigenvalue weighted by molar-refractivity contribution is -0.127. The van der Waals surface area contributed by atoms with Crippen molar-refractivity contribution in [1.82, 2.24) is 29.5 Å². The summed E-state index contributed by atoms with van der Waals surface area (Å²) in [5.74, 6) is 0.297. The van der Waals surface area contributed by atoms with Crippen LogP contribution in [0.5, 0.6) is 0 Å². The molecule has 0 spiro atoms. The summed E-state index contributed by atoms with van der Waals surface area (Å²) in [5, 5.41) is 9.18.